The van der Waals surface area contributed by atoms with Crippen molar-refractivity contribution < 1.29 is 10.0 Å². The van der Waals surface area contributed by atoms with Gasteiger partial charge in [-0.15, -0.1) is 0 Å². The normalized spacial score (nSPS) is 17.3. The van der Waals surface area contributed by atoms with Crippen molar-refractivity contribution in [3.8, 4) is 0 Å². The highest BCUT2D eigenvalue weighted by molar-refractivity contribution is 6.46. The maximum absolute atomic E-state index is 12.0. The molecule has 0 spiro atoms. The number of carbonyl (C=O) groups excluding carboxylic acids is 1. The molecule has 2 rings (SSSR count). The van der Waals surface area contributed by atoms with Crippen LogP contribution in [0.2, 0.25) is 0 Å². The van der Waals surface area contributed by atoms with E-state index in [0.717, 1.165) is 25.9 Å². The van der Waals surface area contributed by atoms with Crippen molar-refractivity contribution in [2.75, 3.05) is 19.6 Å². The zero-order valence-corrected chi connectivity index (χ0v) is 9.67. The summed E-state index contributed by atoms with van der Waals surface area (Å²) in [7, 11) is 0. The van der Waals surface area contributed by atoms with Gasteiger partial charge in [0, 0.05) is 12.1 Å². The Balaban J connectivity index is 2.06. The molecule has 0 unspecified atom stereocenters. The Kier molecular flexibility index (Phi) is 3.88. The summed E-state index contributed by atoms with van der Waals surface area (Å²) in [4.78, 5) is 14.2. The van der Waals surface area contributed by atoms with Gasteiger partial charge in [-0.05, 0) is 25.9 Å². The van der Waals surface area contributed by atoms with E-state index in [2.05, 4.69) is 10.1 Å². The number of oxime groups is 1. The SMILES string of the molecule is O=C(/C(CN1CCCC1)=N/O)c1ccccc1. The number of Topliss-reactive ketones (excluding diaryl/α,β-unsaturated/α-hetero) is 1. The lowest BCUT2D eigenvalue weighted by Gasteiger charge is -2.14. The molecule has 17 heavy (non-hydrogen) atoms. The molecule has 1 aliphatic heterocycles. The van der Waals surface area contributed by atoms with Gasteiger partial charge >= 0.3 is 0 Å². The molecule has 0 amide bonds. The van der Waals surface area contributed by atoms with E-state index >= 15 is 0 Å². The molecule has 1 aromatic rings. The molecule has 0 aliphatic carbocycles. The van der Waals surface area contributed by atoms with Gasteiger partial charge in [-0.25, -0.2) is 0 Å². The molecule has 1 aromatic carbocycles. The molecular weight excluding hydrogens is 216 g/mol. The van der Waals surface area contributed by atoms with Crippen LogP contribution in [0.4, 0.5) is 0 Å². The highest BCUT2D eigenvalue weighted by atomic mass is 16.4. The molecule has 90 valence electrons. The molecule has 4 nitrogen and oxygen atoms in total. The third-order valence-electron chi connectivity index (χ3n) is 2.99. The van der Waals surface area contributed by atoms with Crippen LogP contribution in [0.3, 0.4) is 0 Å². The molecule has 1 aliphatic rings. The van der Waals surface area contributed by atoms with Crippen molar-refractivity contribution in [3.63, 3.8) is 0 Å². The van der Waals surface area contributed by atoms with E-state index in [4.69, 9.17) is 5.21 Å². The molecule has 1 saturated heterocycles. The molecule has 0 aromatic heterocycles. The minimum Gasteiger partial charge on any atom is -0.410 e. The summed E-state index contributed by atoms with van der Waals surface area (Å²) in [5, 5.41) is 12.1. The topological polar surface area (TPSA) is 52.9 Å². The second-order valence-corrected chi connectivity index (χ2v) is 4.23. The molecule has 4 heteroatoms. The third-order valence-corrected chi connectivity index (χ3v) is 2.99. The van der Waals surface area contributed by atoms with E-state index in [1.165, 1.54) is 0 Å². The lowest BCUT2D eigenvalue weighted by Crippen LogP contribution is -2.31. The van der Waals surface area contributed by atoms with Crippen LogP contribution in [0.15, 0.2) is 35.5 Å². The molecule has 0 bridgehead atoms. The van der Waals surface area contributed by atoms with Gasteiger partial charge < -0.3 is 5.21 Å². The zero-order valence-electron chi connectivity index (χ0n) is 9.67. The Morgan fingerprint density at radius 2 is 1.88 bits per heavy atom. The van der Waals surface area contributed by atoms with Crippen LogP contribution in [0.5, 0.6) is 0 Å². The van der Waals surface area contributed by atoms with E-state index < -0.39 is 0 Å². The van der Waals surface area contributed by atoms with Crippen LogP contribution in [-0.4, -0.2) is 41.2 Å². The first kappa shape index (κ1) is 11.8. The lowest BCUT2D eigenvalue weighted by atomic mass is 10.1. The first-order chi connectivity index (χ1) is 8.31. The summed E-state index contributed by atoms with van der Waals surface area (Å²) < 4.78 is 0. The Labute approximate surface area is 101 Å². The number of ketones is 1. The quantitative estimate of drug-likeness (QED) is 0.373. The number of nitrogens with zero attached hydrogens (tertiary/aromatic N) is 2. The lowest BCUT2D eigenvalue weighted by molar-refractivity contribution is 0.105. The largest absolute Gasteiger partial charge is 0.410 e. The van der Waals surface area contributed by atoms with Crippen LogP contribution in [-0.2, 0) is 0 Å². The molecule has 0 radical (unpaired) electrons. The molecule has 0 atom stereocenters. The maximum atomic E-state index is 12.0. The van der Waals surface area contributed by atoms with Crippen molar-refractivity contribution in [3.05, 3.63) is 35.9 Å². The monoisotopic (exact) mass is 232 g/mol. The number of rotatable bonds is 4. The van der Waals surface area contributed by atoms with E-state index in [9.17, 15) is 4.79 Å². The standard InChI is InChI=1S/C13H16N2O2/c16-13(11-6-2-1-3-7-11)12(14-17)10-15-8-4-5-9-15/h1-3,6-7,17H,4-5,8-10H2/b14-12+. The van der Waals surface area contributed by atoms with Gasteiger partial charge in [0.05, 0.1) is 0 Å². The highest BCUT2D eigenvalue weighted by Gasteiger charge is 2.20. The number of likely N-dealkylation sites (tertiary alicyclic amines) is 1. The maximum Gasteiger partial charge on any atom is 0.211 e. The minimum absolute atomic E-state index is 0.194. The van der Waals surface area contributed by atoms with E-state index in [-0.39, 0.29) is 11.5 Å². The van der Waals surface area contributed by atoms with Gasteiger partial charge in [-0.2, -0.15) is 0 Å². The summed E-state index contributed by atoms with van der Waals surface area (Å²) in [6.45, 7) is 2.38. The molecule has 1 N–H and O–H groups in total. The summed E-state index contributed by atoms with van der Waals surface area (Å²) >= 11 is 0. The van der Waals surface area contributed by atoms with Gasteiger partial charge in [0.2, 0.25) is 5.78 Å². The van der Waals surface area contributed by atoms with E-state index in [1.807, 2.05) is 6.07 Å². The molecular formula is C13H16N2O2. The summed E-state index contributed by atoms with van der Waals surface area (Å²) in [5.41, 5.74) is 0.789. The molecule has 1 heterocycles. The second kappa shape index (κ2) is 5.59. The Hall–Kier alpha value is -1.68. The Morgan fingerprint density at radius 3 is 2.47 bits per heavy atom. The highest BCUT2D eigenvalue weighted by Crippen LogP contribution is 2.09. The van der Waals surface area contributed by atoms with Crippen LogP contribution in [0.1, 0.15) is 23.2 Å². The van der Waals surface area contributed by atoms with Gasteiger partial charge in [0.15, 0.2) is 0 Å². The van der Waals surface area contributed by atoms with Crippen molar-refractivity contribution >= 4 is 11.5 Å². The number of carbonyl (C=O) groups is 1. The minimum atomic E-state index is -0.194. The van der Waals surface area contributed by atoms with Crippen LogP contribution < -0.4 is 0 Å². The fraction of sp³-hybridized carbons (Fsp3) is 0.385. The fourth-order valence-electron chi connectivity index (χ4n) is 2.06. The van der Waals surface area contributed by atoms with Crippen molar-refractivity contribution in [2.24, 2.45) is 5.16 Å². The Bertz CT molecular complexity index is 409. The molecule has 1 fully saturated rings. The van der Waals surface area contributed by atoms with Crippen molar-refractivity contribution in [1.82, 2.24) is 4.90 Å². The van der Waals surface area contributed by atoms with Gasteiger partial charge in [-0.3, -0.25) is 9.69 Å². The first-order valence-corrected chi connectivity index (χ1v) is 5.84. The third kappa shape index (κ3) is 2.91. The van der Waals surface area contributed by atoms with Crippen molar-refractivity contribution in [1.29, 1.82) is 0 Å². The summed E-state index contributed by atoms with van der Waals surface area (Å²) in [6.07, 6.45) is 2.30. The average Bonchev–Trinajstić information content (AvgIpc) is 2.89. The van der Waals surface area contributed by atoms with Gasteiger partial charge in [-0.1, -0.05) is 35.5 Å². The van der Waals surface area contributed by atoms with Crippen LogP contribution in [0, 0.1) is 0 Å². The van der Waals surface area contributed by atoms with Crippen molar-refractivity contribution in [2.45, 2.75) is 12.8 Å². The zero-order chi connectivity index (χ0) is 12.1. The van der Waals surface area contributed by atoms with E-state index in [1.54, 1.807) is 24.3 Å². The predicted molar refractivity (Wildman–Crippen MR) is 65.7 cm³/mol. The average molecular weight is 232 g/mol. The molecule has 0 saturated carbocycles. The smallest absolute Gasteiger partial charge is 0.211 e. The van der Waals surface area contributed by atoms with Gasteiger partial charge in [0.1, 0.15) is 5.71 Å². The summed E-state index contributed by atoms with van der Waals surface area (Å²) in [5.74, 6) is -0.194. The number of hydrogen-bond donors (Lipinski definition) is 1. The fourth-order valence-corrected chi connectivity index (χ4v) is 2.06. The van der Waals surface area contributed by atoms with E-state index in [0.29, 0.717) is 12.1 Å². The second-order valence-electron chi connectivity index (χ2n) is 4.23. The van der Waals surface area contributed by atoms with Gasteiger partial charge in [0.25, 0.3) is 0 Å². The first-order valence-electron chi connectivity index (χ1n) is 5.84. The summed E-state index contributed by atoms with van der Waals surface area (Å²) in [6, 6.07) is 8.93. The Morgan fingerprint density at radius 1 is 1.24 bits per heavy atom. The number of benzene rings is 1. The van der Waals surface area contributed by atoms with Crippen LogP contribution in [0.25, 0.3) is 0 Å². The number of hydrogen-bond acceptors (Lipinski definition) is 4. The predicted octanol–water partition coefficient (Wildman–Crippen LogP) is 1.80. The van der Waals surface area contributed by atoms with Crippen LogP contribution >= 0.6 is 0 Å².